The van der Waals surface area contributed by atoms with Crippen molar-refractivity contribution in [3.63, 3.8) is 0 Å². The van der Waals surface area contributed by atoms with E-state index < -0.39 is 0 Å². The molecule has 3 aromatic rings. The zero-order chi connectivity index (χ0) is 22.3. The first-order chi connectivity index (χ1) is 15.6. The van der Waals surface area contributed by atoms with Gasteiger partial charge in [-0.05, 0) is 48.1 Å². The average Bonchev–Trinajstić information content (AvgIpc) is 2.83. The summed E-state index contributed by atoms with van der Waals surface area (Å²) in [5, 5.41) is 4.21. The Kier molecular flexibility index (Phi) is 7.18. The van der Waals surface area contributed by atoms with Crippen LogP contribution in [0.2, 0.25) is 5.02 Å². The Hall–Kier alpha value is -3.17. The van der Waals surface area contributed by atoms with Crippen molar-refractivity contribution in [1.82, 2.24) is 5.32 Å². The lowest BCUT2D eigenvalue weighted by atomic mass is 9.91. The van der Waals surface area contributed by atoms with E-state index in [1.165, 1.54) is 0 Å². The van der Waals surface area contributed by atoms with Gasteiger partial charge in [0.15, 0.2) is 0 Å². The number of aliphatic imine (C=N–C) groups is 2. The maximum absolute atomic E-state index is 6.58. The van der Waals surface area contributed by atoms with E-state index in [0.29, 0.717) is 10.9 Å². The van der Waals surface area contributed by atoms with Gasteiger partial charge in [0.2, 0.25) is 0 Å². The number of allylic oxidation sites excluding steroid dienone is 1. The van der Waals surface area contributed by atoms with Crippen LogP contribution in [0.25, 0.3) is 11.1 Å². The number of halogens is 1. The van der Waals surface area contributed by atoms with Crippen molar-refractivity contribution in [2.75, 3.05) is 7.05 Å². The van der Waals surface area contributed by atoms with Crippen LogP contribution in [0.1, 0.15) is 30.9 Å². The average molecular weight is 442 g/mol. The lowest BCUT2D eigenvalue weighted by Gasteiger charge is -2.24. The van der Waals surface area contributed by atoms with E-state index in [2.05, 4.69) is 47.6 Å². The van der Waals surface area contributed by atoms with E-state index >= 15 is 0 Å². The highest BCUT2D eigenvalue weighted by Gasteiger charge is 2.20. The van der Waals surface area contributed by atoms with Crippen molar-refractivity contribution in [3.05, 3.63) is 107 Å². The van der Waals surface area contributed by atoms with Crippen LogP contribution in [0.5, 0.6) is 0 Å². The fourth-order valence-electron chi connectivity index (χ4n) is 3.95. The summed E-state index contributed by atoms with van der Waals surface area (Å²) in [6, 6.07) is 26.7. The van der Waals surface area contributed by atoms with Crippen molar-refractivity contribution < 1.29 is 0 Å². The molecule has 3 nitrogen and oxygen atoms in total. The Morgan fingerprint density at radius 3 is 2.19 bits per heavy atom. The van der Waals surface area contributed by atoms with E-state index in [0.717, 1.165) is 46.8 Å². The van der Waals surface area contributed by atoms with E-state index in [1.54, 1.807) is 7.05 Å². The second-order valence-corrected chi connectivity index (χ2v) is 8.56. The molecule has 0 amide bonds. The quantitative estimate of drug-likeness (QED) is 0.270. The van der Waals surface area contributed by atoms with Crippen LogP contribution in [0.3, 0.4) is 0 Å². The summed E-state index contributed by atoms with van der Waals surface area (Å²) in [6.07, 6.45) is 6.45. The Balaban J connectivity index is 1.77. The zero-order valence-corrected chi connectivity index (χ0v) is 19.3. The van der Waals surface area contributed by atoms with Crippen LogP contribution in [0.15, 0.2) is 101 Å². The predicted octanol–water partition coefficient (Wildman–Crippen LogP) is 6.77. The number of nitrogens with one attached hydrogen (secondary N) is 1. The molecule has 0 saturated heterocycles. The third-order valence-electron chi connectivity index (χ3n) is 5.79. The second kappa shape index (κ2) is 10.4. The van der Waals surface area contributed by atoms with E-state index in [1.807, 2.05) is 60.7 Å². The first-order valence-electron chi connectivity index (χ1n) is 11.0. The minimum absolute atomic E-state index is 0.204. The van der Waals surface area contributed by atoms with Crippen molar-refractivity contribution in [2.45, 2.75) is 25.8 Å². The number of hydrogen-bond donors (Lipinski definition) is 1. The highest BCUT2D eigenvalue weighted by molar-refractivity contribution is 6.31. The largest absolute Gasteiger partial charge is 0.325 e. The molecule has 162 valence electrons. The van der Waals surface area contributed by atoms with Crippen LogP contribution >= 0.6 is 11.6 Å². The molecule has 0 aromatic heterocycles. The van der Waals surface area contributed by atoms with Gasteiger partial charge in [0, 0.05) is 23.2 Å². The molecular weight excluding hydrogens is 414 g/mol. The van der Waals surface area contributed by atoms with Crippen LogP contribution in [0.4, 0.5) is 0 Å². The number of hydrogen-bond acceptors (Lipinski definition) is 2. The first-order valence-corrected chi connectivity index (χ1v) is 11.4. The molecule has 1 aliphatic rings. The molecule has 1 aliphatic carbocycles. The molecule has 0 spiro atoms. The lowest BCUT2D eigenvalue weighted by molar-refractivity contribution is 0.448. The van der Waals surface area contributed by atoms with Gasteiger partial charge in [-0.3, -0.25) is 9.98 Å². The molecular formula is C28H28ClN3. The Bertz CT molecular complexity index is 1130. The molecule has 2 atom stereocenters. The predicted molar refractivity (Wildman–Crippen MR) is 137 cm³/mol. The molecule has 1 N–H and O–H groups in total. The minimum Gasteiger partial charge on any atom is -0.325 e. The summed E-state index contributed by atoms with van der Waals surface area (Å²) in [6.45, 7) is 2.26. The SMILES string of the molecule is CN=C(NC(=NC1CC=CC[C@@H]1C)c1cc(Cl)cc(-c2ccccc2)c1)c1ccccc1. The molecule has 4 heteroatoms. The molecule has 0 bridgehead atoms. The van der Waals surface area contributed by atoms with Crippen molar-refractivity contribution in [2.24, 2.45) is 15.9 Å². The van der Waals surface area contributed by atoms with Crippen LogP contribution in [-0.4, -0.2) is 24.8 Å². The fraction of sp³-hybridized carbons (Fsp3) is 0.214. The molecule has 32 heavy (non-hydrogen) atoms. The van der Waals surface area contributed by atoms with E-state index in [9.17, 15) is 0 Å². The van der Waals surface area contributed by atoms with Gasteiger partial charge in [0.25, 0.3) is 0 Å². The van der Waals surface area contributed by atoms with Crippen LogP contribution < -0.4 is 5.32 Å². The zero-order valence-electron chi connectivity index (χ0n) is 18.5. The third-order valence-corrected chi connectivity index (χ3v) is 6.01. The summed E-state index contributed by atoms with van der Waals surface area (Å²) < 4.78 is 0. The number of rotatable bonds is 4. The molecule has 1 unspecified atom stereocenters. The maximum Gasteiger partial charge on any atom is 0.134 e. The van der Waals surface area contributed by atoms with E-state index in [4.69, 9.17) is 16.6 Å². The van der Waals surface area contributed by atoms with Gasteiger partial charge in [-0.2, -0.15) is 0 Å². The Morgan fingerprint density at radius 2 is 1.50 bits per heavy atom. The highest BCUT2D eigenvalue weighted by atomic mass is 35.5. The molecule has 3 aromatic carbocycles. The molecule has 4 rings (SSSR count). The molecule has 0 heterocycles. The Morgan fingerprint density at radius 1 is 0.812 bits per heavy atom. The van der Waals surface area contributed by atoms with Gasteiger partial charge in [-0.15, -0.1) is 0 Å². The highest BCUT2D eigenvalue weighted by Crippen LogP contribution is 2.27. The van der Waals surface area contributed by atoms with Crippen LogP contribution in [0, 0.1) is 5.92 Å². The monoisotopic (exact) mass is 441 g/mol. The minimum atomic E-state index is 0.204. The van der Waals surface area contributed by atoms with Crippen molar-refractivity contribution in [3.8, 4) is 11.1 Å². The molecule has 0 fully saturated rings. The normalized spacial score (nSPS) is 19.1. The fourth-order valence-corrected chi connectivity index (χ4v) is 4.18. The third kappa shape index (κ3) is 5.35. The second-order valence-electron chi connectivity index (χ2n) is 8.12. The number of benzene rings is 3. The van der Waals surface area contributed by atoms with Gasteiger partial charge < -0.3 is 5.32 Å². The summed E-state index contributed by atoms with van der Waals surface area (Å²) in [4.78, 5) is 9.71. The summed E-state index contributed by atoms with van der Waals surface area (Å²) in [7, 11) is 1.80. The lowest BCUT2D eigenvalue weighted by Crippen LogP contribution is -2.34. The number of amidine groups is 2. The Labute approximate surface area is 195 Å². The summed E-state index contributed by atoms with van der Waals surface area (Å²) in [5.41, 5.74) is 4.16. The first kappa shape index (κ1) is 22.0. The van der Waals surface area contributed by atoms with Gasteiger partial charge in [0.05, 0.1) is 6.04 Å². The summed E-state index contributed by atoms with van der Waals surface area (Å²) in [5.74, 6) is 2.05. The van der Waals surface area contributed by atoms with Crippen molar-refractivity contribution >= 4 is 23.3 Å². The van der Waals surface area contributed by atoms with Gasteiger partial charge in [-0.25, -0.2) is 0 Å². The molecule has 0 aliphatic heterocycles. The summed E-state index contributed by atoms with van der Waals surface area (Å²) >= 11 is 6.58. The topological polar surface area (TPSA) is 36.8 Å². The smallest absolute Gasteiger partial charge is 0.134 e. The van der Waals surface area contributed by atoms with Gasteiger partial charge in [-0.1, -0.05) is 91.3 Å². The van der Waals surface area contributed by atoms with Crippen molar-refractivity contribution in [1.29, 1.82) is 0 Å². The van der Waals surface area contributed by atoms with Gasteiger partial charge >= 0.3 is 0 Å². The molecule has 0 radical (unpaired) electrons. The standard InChI is InChI=1S/C28H28ClN3/c1-20-11-9-10-16-26(20)31-28(32-27(30-2)22-14-7-4-8-15-22)24-17-23(18-25(29)19-24)21-12-5-3-6-13-21/h3-10,12-15,17-20,26H,11,16H2,1-2H3,(H,30,31,32)/t20-,26?/m0/s1. The van der Waals surface area contributed by atoms with E-state index in [-0.39, 0.29) is 6.04 Å². The van der Waals surface area contributed by atoms with Gasteiger partial charge in [0.1, 0.15) is 11.7 Å². The maximum atomic E-state index is 6.58. The van der Waals surface area contributed by atoms with Crippen LogP contribution in [-0.2, 0) is 0 Å². The number of nitrogens with zero attached hydrogens (tertiary/aromatic N) is 2. The molecule has 0 saturated carbocycles.